The van der Waals surface area contributed by atoms with Crippen LogP contribution >= 0.6 is 11.6 Å². The molecular weight excluding hydrogens is 324 g/mol. The Balaban J connectivity index is 2.25. The second-order valence-electron chi connectivity index (χ2n) is 9.17. The molecule has 2 aliphatic rings. The zero-order valence-electron chi connectivity index (χ0n) is 15.9. The minimum atomic E-state index is -1.16. The Hall–Kier alpha value is -0.0900. The van der Waals surface area contributed by atoms with Crippen LogP contribution in [0.4, 0.5) is 0 Å². The van der Waals surface area contributed by atoms with Gasteiger partial charge in [-0.25, -0.2) is 0 Å². The molecule has 5 atom stereocenters. The van der Waals surface area contributed by atoms with Gasteiger partial charge in [0.1, 0.15) is 0 Å². The molecule has 1 saturated carbocycles. The summed E-state index contributed by atoms with van der Waals surface area (Å²) in [5.74, 6) is 0.500. The average molecular weight is 359 g/mol. The molecule has 2 aliphatic carbocycles. The molecule has 0 saturated heterocycles. The highest BCUT2D eigenvalue weighted by molar-refractivity contribution is 6.18. The van der Waals surface area contributed by atoms with Crippen LogP contribution in [0.5, 0.6) is 0 Å². The molecule has 0 aromatic rings. The van der Waals surface area contributed by atoms with Gasteiger partial charge in [-0.1, -0.05) is 31.9 Å². The number of halogens is 1. The summed E-state index contributed by atoms with van der Waals surface area (Å²) < 4.78 is 0. The Bertz CT molecular complexity index is 497. The molecule has 0 aromatic heterocycles. The third-order valence-corrected chi connectivity index (χ3v) is 7.51. The zero-order chi connectivity index (χ0) is 18.3. The first kappa shape index (κ1) is 20.2. The van der Waals surface area contributed by atoms with E-state index in [1.807, 2.05) is 0 Å². The summed E-state index contributed by atoms with van der Waals surface area (Å²) in [6.07, 6.45) is 4.16. The Labute approximate surface area is 152 Å². The molecule has 140 valence electrons. The van der Waals surface area contributed by atoms with Gasteiger partial charge in [-0.05, 0) is 69.1 Å². The van der Waals surface area contributed by atoms with Crippen molar-refractivity contribution in [2.75, 3.05) is 5.88 Å². The van der Waals surface area contributed by atoms with E-state index < -0.39 is 11.7 Å². The maximum atomic E-state index is 10.5. The van der Waals surface area contributed by atoms with Crippen molar-refractivity contribution >= 4 is 11.6 Å². The Kier molecular flexibility index (Phi) is 5.82. The fourth-order valence-corrected chi connectivity index (χ4v) is 5.63. The summed E-state index contributed by atoms with van der Waals surface area (Å²) in [6, 6.07) is 0. The van der Waals surface area contributed by atoms with Gasteiger partial charge in [-0.2, -0.15) is 0 Å². The highest BCUT2D eigenvalue weighted by Crippen LogP contribution is 2.60. The molecule has 3 nitrogen and oxygen atoms in total. The van der Waals surface area contributed by atoms with E-state index in [0.717, 1.165) is 32.1 Å². The van der Waals surface area contributed by atoms with E-state index in [0.29, 0.717) is 12.3 Å². The van der Waals surface area contributed by atoms with Crippen LogP contribution in [0.1, 0.15) is 73.1 Å². The molecule has 24 heavy (non-hydrogen) atoms. The number of fused-ring (bicyclic) bond motifs is 1. The SMILES string of the molecule is CC1=C(CC[C@](C)(O)C(O)CCl)[C@]2(C)CC[C@H](O)C(C)(C)[C@H]2CC1. The first-order chi connectivity index (χ1) is 11.0. The van der Waals surface area contributed by atoms with E-state index in [1.165, 1.54) is 11.1 Å². The van der Waals surface area contributed by atoms with E-state index in [4.69, 9.17) is 11.6 Å². The monoisotopic (exact) mass is 358 g/mol. The van der Waals surface area contributed by atoms with Crippen molar-refractivity contribution < 1.29 is 15.3 Å². The quantitative estimate of drug-likeness (QED) is 0.513. The maximum Gasteiger partial charge on any atom is 0.0959 e. The van der Waals surface area contributed by atoms with Gasteiger partial charge in [-0.3, -0.25) is 0 Å². The van der Waals surface area contributed by atoms with Gasteiger partial charge in [0.25, 0.3) is 0 Å². The predicted molar refractivity (Wildman–Crippen MR) is 99.1 cm³/mol. The smallest absolute Gasteiger partial charge is 0.0959 e. The zero-order valence-corrected chi connectivity index (χ0v) is 16.7. The molecule has 0 amide bonds. The Morgan fingerprint density at radius 2 is 1.92 bits per heavy atom. The molecule has 0 bridgehead atoms. The average Bonchev–Trinajstić information content (AvgIpc) is 2.49. The first-order valence-corrected chi connectivity index (χ1v) is 9.84. The van der Waals surface area contributed by atoms with Crippen LogP contribution in [0, 0.1) is 16.7 Å². The van der Waals surface area contributed by atoms with Crippen LogP contribution in [0.2, 0.25) is 0 Å². The molecular formula is C20H35ClO3. The topological polar surface area (TPSA) is 60.7 Å². The lowest BCUT2D eigenvalue weighted by Crippen LogP contribution is -2.52. The van der Waals surface area contributed by atoms with Crippen LogP contribution in [0.3, 0.4) is 0 Å². The molecule has 3 N–H and O–H groups in total. The number of aliphatic hydroxyl groups excluding tert-OH is 2. The van der Waals surface area contributed by atoms with Crippen LogP contribution in [-0.4, -0.2) is 39.0 Å². The highest BCUT2D eigenvalue weighted by Gasteiger charge is 2.53. The summed E-state index contributed by atoms with van der Waals surface area (Å²) in [7, 11) is 0. The Morgan fingerprint density at radius 3 is 2.50 bits per heavy atom. The largest absolute Gasteiger partial charge is 0.393 e. The normalized spacial score (nSPS) is 36.9. The van der Waals surface area contributed by atoms with Crippen molar-refractivity contribution in [1.82, 2.24) is 0 Å². The van der Waals surface area contributed by atoms with E-state index >= 15 is 0 Å². The molecule has 2 rings (SSSR count). The van der Waals surface area contributed by atoms with E-state index in [9.17, 15) is 15.3 Å². The third kappa shape index (κ3) is 3.42. The highest BCUT2D eigenvalue weighted by atomic mass is 35.5. The number of rotatable bonds is 5. The fraction of sp³-hybridized carbons (Fsp3) is 0.900. The van der Waals surface area contributed by atoms with Gasteiger partial charge >= 0.3 is 0 Å². The summed E-state index contributed by atoms with van der Waals surface area (Å²) in [4.78, 5) is 0. The van der Waals surface area contributed by atoms with Gasteiger partial charge < -0.3 is 15.3 Å². The molecule has 0 radical (unpaired) electrons. The van der Waals surface area contributed by atoms with Crippen LogP contribution in [-0.2, 0) is 0 Å². The van der Waals surface area contributed by atoms with E-state index in [2.05, 4.69) is 27.7 Å². The summed E-state index contributed by atoms with van der Waals surface area (Å²) in [6.45, 7) is 10.6. The summed E-state index contributed by atoms with van der Waals surface area (Å²) in [5.41, 5.74) is 1.68. The number of hydrogen-bond acceptors (Lipinski definition) is 3. The van der Waals surface area contributed by atoms with Crippen molar-refractivity contribution in [2.45, 2.75) is 91.0 Å². The van der Waals surface area contributed by atoms with Crippen molar-refractivity contribution in [3.8, 4) is 0 Å². The second kappa shape index (κ2) is 6.90. The van der Waals surface area contributed by atoms with Gasteiger partial charge in [0.2, 0.25) is 0 Å². The van der Waals surface area contributed by atoms with E-state index in [-0.39, 0.29) is 22.8 Å². The van der Waals surface area contributed by atoms with Gasteiger partial charge in [0.15, 0.2) is 0 Å². The second-order valence-corrected chi connectivity index (χ2v) is 9.48. The van der Waals surface area contributed by atoms with Crippen LogP contribution in [0.15, 0.2) is 11.1 Å². The first-order valence-electron chi connectivity index (χ1n) is 9.30. The molecule has 0 heterocycles. The number of allylic oxidation sites excluding steroid dienone is 2. The molecule has 1 unspecified atom stereocenters. The lowest BCUT2D eigenvalue weighted by molar-refractivity contribution is -0.0919. The standard InChI is InChI=1S/C20H35ClO3/c1-13-6-7-15-18(2,3)16(22)9-10-19(15,4)14(13)8-11-20(5,24)17(23)12-21/h15-17,22-24H,6-12H2,1-5H3/t15-,16+,17?,19+,20+/m1/s1. The number of alkyl halides is 1. The van der Waals surface area contributed by atoms with Crippen molar-refractivity contribution in [3.63, 3.8) is 0 Å². The Morgan fingerprint density at radius 1 is 1.29 bits per heavy atom. The van der Waals surface area contributed by atoms with Crippen molar-refractivity contribution in [3.05, 3.63) is 11.1 Å². The lowest BCUT2D eigenvalue weighted by atomic mass is 9.49. The molecule has 4 heteroatoms. The van der Waals surface area contributed by atoms with Gasteiger partial charge in [0, 0.05) is 0 Å². The van der Waals surface area contributed by atoms with Crippen LogP contribution in [0.25, 0.3) is 0 Å². The molecule has 0 aromatic carbocycles. The molecule has 1 fully saturated rings. The predicted octanol–water partition coefficient (Wildman–Crippen LogP) is 4.03. The number of hydrogen-bond donors (Lipinski definition) is 3. The van der Waals surface area contributed by atoms with E-state index in [1.54, 1.807) is 6.92 Å². The minimum absolute atomic E-state index is 0.0458. The summed E-state index contributed by atoms with van der Waals surface area (Å²) >= 11 is 5.73. The maximum absolute atomic E-state index is 10.5. The van der Waals surface area contributed by atoms with Gasteiger partial charge in [0.05, 0.1) is 23.7 Å². The molecule has 0 spiro atoms. The third-order valence-electron chi connectivity index (χ3n) is 7.22. The molecule has 0 aliphatic heterocycles. The van der Waals surface area contributed by atoms with Crippen LogP contribution < -0.4 is 0 Å². The number of aliphatic hydroxyl groups is 3. The summed E-state index contributed by atoms with van der Waals surface area (Å²) in [5, 5.41) is 31.0. The van der Waals surface area contributed by atoms with Gasteiger partial charge in [-0.15, -0.1) is 11.6 Å². The lowest BCUT2D eigenvalue weighted by Gasteiger charge is -2.57. The van der Waals surface area contributed by atoms with Crippen molar-refractivity contribution in [1.29, 1.82) is 0 Å². The fourth-order valence-electron chi connectivity index (χ4n) is 5.30. The van der Waals surface area contributed by atoms with Crippen molar-refractivity contribution in [2.24, 2.45) is 16.7 Å². The minimum Gasteiger partial charge on any atom is -0.393 e.